The summed E-state index contributed by atoms with van der Waals surface area (Å²) >= 11 is 0. The SMILES string of the molecule is CC(C)N(C)CCNC(=O)c1ccc(Oc2cccnc2)cc1. The number of carbonyl (C=O) groups excluding carboxylic acids is 1. The summed E-state index contributed by atoms with van der Waals surface area (Å²) in [7, 11) is 2.04. The van der Waals surface area contributed by atoms with E-state index in [1.54, 1.807) is 36.7 Å². The highest BCUT2D eigenvalue weighted by Gasteiger charge is 2.07. The van der Waals surface area contributed by atoms with Crippen LogP contribution in [0, 0.1) is 0 Å². The van der Waals surface area contributed by atoms with Crippen LogP contribution in [-0.4, -0.2) is 42.0 Å². The predicted molar refractivity (Wildman–Crippen MR) is 90.9 cm³/mol. The Hall–Kier alpha value is -2.40. The van der Waals surface area contributed by atoms with Crippen LogP contribution in [0.25, 0.3) is 0 Å². The summed E-state index contributed by atoms with van der Waals surface area (Å²) in [6.45, 7) is 5.71. The molecule has 2 rings (SSSR count). The normalized spacial score (nSPS) is 10.8. The maximum Gasteiger partial charge on any atom is 0.251 e. The number of amides is 1. The van der Waals surface area contributed by atoms with Crippen molar-refractivity contribution in [2.24, 2.45) is 0 Å². The van der Waals surface area contributed by atoms with E-state index in [9.17, 15) is 4.79 Å². The van der Waals surface area contributed by atoms with Crippen LogP contribution in [0.5, 0.6) is 11.5 Å². The zero-order valence-electron chi connectivity index (χ0n) is 13.8. The summed E-state index contributed by atoms with van der Waals surface area (Å²) in [5.41, 5.74) is 0.621. The van der Waals surface area contributed by atoms with E-state index in [1.165, 1.54) is 0 Å². The van der Waals surface area contributed by atoms with Crippen LogP contribution < -0.4 is 10.1 Å². The molecule has 0 spiro atoms. The van der Waals surface area contributed by atoms with Crippen molar-refractivity contribution in [1.82, 2.24) is 15.2 Å². The zero-order chi connectivity index (χ0) is 16.7. The van der Waals surface area contributed by atoms with Crippen molar-refractivity contribution >= 4 is 5.91 Å². The standard InChI is InChI=1S/C18H23N3O2/c1-14(2)21(3)12-11-20-18(22)15-6-8-16(9-7-15)23-17-5-4-10-19-13-17/h4-10,13-14H,11-12H2,1-3H3,(H,20,22). The molecule has 1 N–H and O–H groups in total. The van der Waals surface area contributed by atoms with Crippen molar-refractivity contribution in [3.8, 4) is 11.5 Å². The van der Waals surface area contributed by atoms with Crippen LogP contribution in [0.2, 0.25) is 0 Å². The number of nitrogens with zero attached hydrogens (tertiary/aromatic N) is 2. The Kier molecular flexibility index (Phi) is 6.11. The summed E-state index contributed by atoms with van der Waals surface area (Å²) in [4.78, 5) is 18.3. The monoisotopic (exact) mass is 313 g/mol. The lowest BCUT2D eigenvalue weighted by Crippen LogP contribution is -2.36. The molecule has 0 saturated heterocycles. The van der Waals surface area contributed by atoms with Crippen LogP contribution in [0.1, 0.15) is 24.2 Å². The van der Waals surface area contributed by atoms with E-state index in [0.717, 1.165) is 6.54 Å². The molecule has 0 fully saturated rings. The van der Waals surface area contributed by atoms with Gasteiger partial charge in [0.1, 0.15) is 11.5 Å². The van der Waals surface area contributed by atoms with E-state index in [2.05, 4.69) is 29.0 Å². The highest BCUT2D eigenvalue weighted by Crippen LogP contribution is 2.20. The molecule has 0 saturated carbocycles. The Bertz CT molecular complexity index is 612. The zero-order valence-corrected chi connectivity index (χ0v) is 13.8. The van der Waals surface area contributed by atoms with Gasteiger partial charge in [-0.15, -0.1) is 0 Å². The third-order valence-corrected chi connectivity index (χ3v) is 3.62. The average molecular weight is 313 g/mol. The molecule has 0 atom stereocenters. The van der Waals surface area contributed by atoms with Crippen molar-refractivity contribution in [2.75, 3.05) is 20.1 Å². The number of aromatic nitrogens is 1. The first-order valence-electron chi connectivity index (χ1n) is 7.72. The van der Waals surface area contributed by atoms with Crippen molar-refractivity contribution in [1.29, 1.82) is 0 Å². The smallest absolute Gasteiger partial charge is 0.251 e. The van der Waals surface area contributed by atoms with Gasteiger partial charge >= 0.3 is 0 Å². The highest BCUT2D eigenvalue weighted by atomic mass is 16.5. The molecule has 0 radical (unpaired) electrons. The van der Waals surface area contributed by atoms with Crippen molar-refractivity contribution in [3.05, 3.63) is 54.4 Å². The number of pyridine rings is 1. The van der Waals surface area contributed by atoms with Gasteiger partial charge in [-0.3, -0.25) is 9.78 Å². The van der Waals surface area contributed by atoms with Gasteiger partial charge in [0.15, 0.2) is 0 Å². The quantitative estimate of drug-likeness (QED) is 0.854. The molecule has 1 aromatic heterocycles. The van der Waals surface area contributed by atoms with Gasteiger partial charge in [0.25, 0.3) is 5.91 Å². The Morgan fingerprint density at radius 3 is 2.57 bits per heavy atom. The summed E-state index contributed by atoms with van der Waals surface area (Å²) in [5, 5.41) is 2.92. The van der Waals surface area contributed by atoms with Crippen molar-refractivity contribution in [2.45, 2.75) is 19.9 Å². The second kappa shape index (κ2) is 8.29. The number of ether oxygens (including phenoxy) is 1. The average Bonchev–Trinajstić information content (AvgIpc) is 2.56. The molecular weight excluding hydrogens is 290 g/mol. The van der Waals surface area contributed by atoms with E-state index in [4.69, 9.17) is 4.74 Å². The molecule has 0 aliphatic carbocycles. The fourth-order valence-corrected chi connectivity index (χ4v) is 1.92. The lowest BCUT2D eigenvalue weighted by molar-refractivity contribution is 0.0948. The van der Waals surface area contributed by atoms with E-state index in [-0.39, 0.29) is 5.91 Å². The predicted octanol–water partition coefficient (Wildman–Crippen LogP) is 2.94. The Morgan fingerprint density at radius 2 is 1.96 bits per heavy atom. The first kappa shape index (κ1) is 17.0. The molecule has 0 unspecified atom stereocenters. The van der Waals surface area contributed by atoms with Crippen LogP contribution in [0.4, 0.5) is 0 Å². The van der Waals surface area contributed by atoms with Gasteiger partial charge in [-0.2, -0.15) is 0 Å². The fraction of sp³-hybridized carbons (Fsp3) is 0.333. The Labute approximate surface area is 137 Å². The third-order valence-electron chi connectivity index (χ3n) is 3.62. The number of hydrogen-bond donors (Lipinski definition) is 1. The summed E-state index contributed by atoms with van der Waals surface area (Å²) in [5.74, 6) is 1.27. The Balaban J connectivity index is 1.85. The van der Waals surface area contributed by atoms with Gasteiger partial charge in [-0.05, 0) is 57.3 Å². The third kappa shape index (κ3) is 5.38. The lowest BCUT2D eigenvalue weighted by atomic mass is 10.2. The molecule has 5 nitrogen and oxygen atoms in total. The molecule has 0 aliphatic rings. The largest absolute Gasteiger partial charge is 0.456 e. The van der Waals surface area contributed by atoms with Gasteiger partial charge in [0.2, 0.25) is 0 Å². The molecule has 1 amide bonds. The van der Waals surface area contributed by atoms with E-state index < -0.39 is 0 Å². The number of rotatable bonds is 7. The number of hydrogen-bond acceptors (Lipinski definition) is 4. The molecular formula is C18H23N3O2. The summed E-state index contributed by atoms with van der Waals surface area (Å²) < 4.78 is 5.65. The second-order valence-corrected chi connectivity index (χ2v) is 5.65. The second-order valence-electron chi connectivity index (χ2n) is 5.65. The van der Waals surface area contributed by atoms with Crippen molar-refractivity contribution < 1.29 is 9.53 Å². The molecule has 0 bridgehead atoms. The number of carbonyl (C=O) groups is 1. The summed E-state index contributed by atoms with van der Waals surface area (Å²) in [6.07, 6.45) is 3.34. The fourth-order valence-electron chi connectivity index (χ4n) is 1.92. The van der Waals surface area contributed by atoms with Crippen LogP contribution >= 0.6 is 0 Å². The Morgan fingerprint density at radius 1 is 1.22 bits per heavy atom. The van der Waals surface area contributed by atoms with Crippen molar-refractivity contribution in [3.63, 3.8) is 0 Å². The molecule has 5 heteroatoms. The topological polar surface area (TPSA) is 54.5 Å². The van der Waals surface area contributed by atoms with Crippen LogP contribution in [-0.2, 0) is 0 Å². The number of nitrogens with one attached hydrogen (secondary N) is 1. The molecule has 2 aromatic rings. The maximum atomic E-state index is 12.1. The van der Waals surface area contributed by atoms with Crippen LogP contribution in [0.15, 0.2) is 48.8 Å². The lowest BCUT2D eigenvalue weighted by Gasteiger charge is -2.20. The first-order valence-corrected chi connectivity index (χ1v) is 7.72. The molecule has 23 heavy (non-hydrogen) atoms. The van der Waals surface area contributed by atoms with Crippen LogP contribution in [0.3, 0.4) is 0 Å². The minimum atomic E-state index is -0.0740. The van der Waals surface area contributed by atoms with Gasteiger partial charge in [-0.1, -0.05) is 0 Å². The molecule has 1 aromatic carbocycles. The molecule has 1 heterocycles. The van der Waals surface area contributed by atoms with Gasteiger partial charge < -0.3 is 15.0 Å². The van der Waals surface area contributed by atoms with E-state index in [0.29, 0.717) is 29.6 Å². The van der Waals surface area contributed by atoms with E-state index >= 15 is 0 Å². The molecule has 122 valence electrons. The minimum Gasteiger partial charge on any atom is -0.456 e. The molecule has 0 aliphatic heterocycles. The number of likely N-dealkylation sites (N-methyl/N-ethyl adjacent to an activating group) is 1. The summed E-state index contributed by atoms with van der Waals surface area (Å²) in [6, 6.07) is 11.2. The maximum absolute atomic E-state index is 12.1. The van der Waals surface area contributed by atoms with Gasteiger partial charge in [0.05, 0.1) is 6.20 Å². The first-order chi connectivity index (χ1) is 11.1. The minimum absolute atomic E-state index is 0.0740. The van der Waals surface area contributed by atoms with Gasteiger partial charge in [0, 0.05) is 30.9 Å². The highest BCUT2D eigenvalue weighted by molar-refractivity contribution is 5.94. The number of benzene rings is 1. The van der Waals surface area contributed by atoms with E-state index in [1.807, 2.05) is 19.2 Å². The van der Waals surface area contributed by atoms with Gasteiger partial charge in [-0.25, -0.2) is 0 Å².